The molecule has 0 aliphatic rings. The van der Waals surface area contributed by atoms with E-state index < -0.39 is 5.97 Å². The Kier molecular flexibility index (Phi) is 4.08. The van der Waals surface area contributed by atoms with Crippen LogP contribution in [0.25, 0.3) is 10.8 Å². The molecule has 0 amide bonds. The van der Waals surface area contributed by atoms with Crippen molar-refractivity contribution in [3.8, 4) is 0 Å². The van der Waals surface area contributed by atoms with Crippen molar-refractivity contribution in [3.63, 3.8) is 0 Å². The highest BCUT2D eigenvalue weighted by Gasteiger charge is 2.18. The summed E-state index contributed by atoms with van der Waals surface area (Å²) >= 11 is 0. The van der Waals surface area contributed by atoms with Gasteiger partial charge in [-0.2, -0.15) is 0 Å². The molecule has 0 radical (unpaired) electrons. The third-order valence-corrected chi connectivity index (χ3v) is 3.34. The van der Waals surface area contributed by atoms with Crippen LogP contribution in [-0.2, 0) is 0 Å². The van der Waals surface area contributed by atoms with E-state index in [2.05, 4.69) is 12.3 Å². The van der Waals surface area contributed by atoms with Crippen LogP contribution in [0.3, 0.4) is 0 Å². The smallest absolute Gasteiger partial charge is 0.338 e. The van der Waals surface area contributed by atoms with Gasteiger partial charge in [0.25, 0.3) is 5.56 Å². The van der Waals surface area contributed by atoms with Gasteiger partial charge in [0.1, 0.15) is 0 Å². The molecule has 0 fully saturated rings. The minimum absolute atomic E-state index is 0.171. The van der Waals surface area contributed by atoms with E-state index in [-0.39, 0.29) is 11.1 Å². The summed E-state index contributed by atoms with van der Waals surface area (Å²) in [4.78, 5) is 23.9. The maximum absolute atomic E-state index is 12.4. The van der Waals surface area contributed by atoms with Gasteiger partial charge < -0.3 is 10.5 Å². The molecule has 2 aromatic rings. The first kappa shape index (κ1) is 14.1. The predicted molar refractivity (Wildman–Crippen MR) is 79.0 cm³/mol. The molecule has 5 heteroatoms. The summed E-state index contributed by atoms with van der Waals surface area (Å²) in [5.74, 6) is -1.02. The van der Waals surface area contributed by atoms with Crippen molar-refractivity contribution in [2.75, 3.05) is 12.0 Å². The molecule has 106 valence electrons. The van der Waals surface area contributed by atoms with Crippen LogP contribution in [0.2, 0.25) is 0 Å². The predicted octanol–water partition coefficient (Wildman–Crippen LogP) is 2.35. The molecule has 0 aliphatic heterocycles. The molecule has 20 heavy (non-hydrogen) atoms. The Morgan fingerprint density at radius 3 is 2.55 bits per heavy atom. The highest BCUT2D eigenvalue weighted by Crippen LogP contribution is 2.18. The van der Waals surface area contributed by atoms with E-state index in [1.807, 2.05) is 0 Å². The molecule has 0 bridgehead atoms. The zero-order valence-corrected chi connectivity index (χ0v) is 11.6. The number of aromatic carboxylic acids is 1. The molecule has 2 N–H and O–H groups in total. The van der Waals surface area contributed by atoms with Crippen LogP contribution in [-0.4, -0.2) is 22.3 Å². The normalized spacial score (nSPS) is 10.7. The number of aromatic nitrogens is 1. The van der Waals surface area contributed by atoms with Gasteiger partial charge in [-0.05, 0) is 19.4 Å². The van der Waals surface area contributed by atoms with Gasteiger partial charge in [0, 0.05) is 17.3 Å². The minimum Gasteiger partial charge on any atom is -0.478 e. The third kappa shape index (κ3) is 2.39. The standard InChI is InChI=1S/C15H18N2O3/c1-3-4-9-16-17-10(2)13(15(19)20)11-7-5-6-8-12(11)14(17)18/h5-8,16H,3-4,9H2,1-2H3,(H,19,20). The third-order valence-electron chi connectivity index (χ3n) is 3.34. The summed E-state index contributed by atoms with van der Waals surface area (Å²) in [5, 5.41) is 10.3. The van der Waals surface area contributed by atoms with Crippen molar-refractivity contribution in [1.29, 1.82) is 0 Å². The van der Waals surface area contributed by atoms with Crippen molar-refractivity contribution in [2.24, 2.45) is 0 Å². The van der Waals surface area contributed by atoms with Gasteiger partial charge in [-0.15, -0.1) is 0 Å². The van der Waals surface area contributed by atoms with E-state index in [0.29, 0.717) is 23.0 Å². The van der Waals surface area contributed by atoms with E-state index >= 15 is 0 Å². The second-order valence-corrected chi connectivity index (χ2v) is 4.71. The van der Waals surface area contributed by atoms with Crippen LogP contribution in [0.15, 0.2) is 29.1 Å². The van der Waals surface area contributed by atoms with Crippen molar-refractivity contribution in [3.05, 3.63) is 45.9 Å². The van der Waals surface area contributed by atoms with Crippen LogP contribution < -0.4 is 11.0 Å². The van der Waals surface area contributed by atoms with Gasteiger partial charge in [0.15, 0.2) is 0 Å². The van der Waals surface area contributed by atoms with Crippen LogP contribution in [0.4, 0.5) is 0 Å². The van der Waals surface area contributed by atoms with E-state index in [4.69, 9.17) is 0 Å². The van der Waals surface area contributed by atoms with E-state index in [1.165, 1.54) is 4.68 Å². The first-order valence-electron chi connectivity index (χ1n) is 6.69. The van der Waals surface area contributed by atoms with Crippen LogP contribution >= 0.6 is 0 Å². The molecule has 5 nitrogen and oxygen atoms in total. The second-order valence-electron chi connectivity index (χ2n) is 4.71. The van der Waals surface area contributed by atoms with E-state index in [1.54, 1.807) is 31.2 Å². The Labute approximate surface area is 116 Å². The minimum atomic E-state index is -1.02. The molecule has 1 aromatic heterocycles. The molecule has 0 aliphatic carbocycles. The Morgan fingerprint density at radius 2 is 1.95 bits per heavy atom. The number of hydrogen-bond acceptors (Lipinski definition) is 3. The lowest BCUT2D eigenvalue weighted by molar-refractivity contribution is 0.0697. The molecule has 0 saturated heterocycles. The van der Waals surface area contributed by atoms with E-state index in [9.17, 15) is 14.7 Å². The number of pyridine rings is 1. The number of nitrogens with one attached hydrogen (secondary N) is 1. The first-order chi connectivity index (χ1) is 9.57. The van der Waals surface area contributed by atoms with Gasteiger partial charge in [0.05, 0.1) is 11.3 Å². The fraction of sp³-hybridized carbons (Fsp3) is 0.333. The molecule has 1 heterocycles. The fourth-order valence-electron chi connectivity index (χ4n) is 2.30. The molecule has 0 unspecified atom stereocenters. The number of fused-ring (bicyclic) bond motifs is 1. The average Bonchev–Trinajstić information content (AvgIpc) is 2.42. The lowest BCUT2D eigenvalue weighted by Gasteiger charge is -2.16. The van der Waals surface area contributed by atoms with Gasteiger partial charge in [-0.1, -0.05) is 31.5 Å². The number of carboxylic acid groups (broad SMARTS) is 1. The van der Waals surface area contributed by atoms with Crippen LogP contribution in [0.5, 0.6) is 0 Å². The van der Waals surface area contributed by atoms with Gasteiger partial charge in [0.2, 0.25) is 0 Å². The fourth-order valence-corrected chi connectivity index (χ4v) is 2.30. The Balaban J connectivity index is 2.69. The Bertz CT molecular complexity index is 704. The zero-order valence-electron chi connectivity index (χ0n) is 11.6. The maximum Gasteiger partial charge on any atom is 0.338 e. The highest BCUT2D eigenvalue weighted by molar-refractivity contribution is 6.04. The lowest BCUT2D eigenvalue weighted by Crippen LogP contribution is -2.33. The van der Waals surface area contributed by atoms with Crippen molar-refractivity contribution < 1.29 is 9.90 Å². The first-order valence-corrected chi connectivity index (χ1v) is 6.69. The van der Waals surface area contributed by atoms with Crippen molar-refractivity contribution in [1.82, 2.24) is 4.68 Å². The average molecular weight is 274 g/mol. The molecule has 2 rings (SSSR count). The molecule has 1 aromatic carbocycles. The molecule has 0 atom stereocenters. The number of nitrogens with zero attached hydrogens (tertiary/aromatic N) is 1. The largest absolute Gasteiger partial charge is 0.478 e. The molecule has 0 saturated carbocycles. The zero-order chi connectivity index (χ0) is 14.7. The van der Waals surface area contributed by atoms with Gasteiger partial charge >= 0.3 is 5.97 Å². The van der Waals surface area contributed by atoms with Crippen molar-refractivity contribution in [2.45, 2.75) is 26.7 Å². The summed E-state index contributed by atoms with van der Waals surface area (Å²) < 4.78 is 1.35. The summed E-state index contributed by atoms with van der Waals surface area (Å²) in [6.45, 7) is 4.34. The number of carbonyl (C=O) groups is 1. The molecular formula is C15H18N2O3. The SMILES string of the molecule is CCCCNn1c(C)c(C(=O)O)c2ccccc2c1=O. The number of unbranched alkanes of at least 4 members (excludes halogenated alkanes) is 1. The number of hydrogen-bond donors (Lipinski definition) is 2. The van der Waals surface area contributed by atoms with Gasteiger partial charge in [-0.25, -0.2) is 9.47 Å². The summed E-state index contributed by atoms with van der Waals surface area (Å²) in [6.07, 6.45) is 1.92. The topological polar surface area (TPSA) is 71.3 Å². The lowest BCUT2D eigenvalue weighted by atomic mass is 10.0. The monoisotopic (exact) mass is 274 g/mol. The van der Waals surface area contributed by atoms with Crippen LogP contribution in [0, 0.1) is 6.92 Å². The number of carboxylic acids is 1. The number of benzene rings is 1. The molecule has 0 spiro atoms. The second kappa shape index (κ2) is 5.77. The van der Waals surface area contributed by atoms with Gasteiger partial charge in [-0.3, -0.25) is 4.79 Å². The molecular weight excluding hydrogens is 256 g/mol. The van der Waals surface area contributed by atoms with E-state index in [0.717, 1.165) is 12.8 Å². The summed E-state index contributed by atoms with van der Waals surface area (Å²) in [5.41, 5.74) is 3.40. The number of rotatable bonds is 5. The quantitative estimate of drug-likeness (QED) is 0.821. The summed E-state index contributed by atoms with van der Waals surface area (Å²) in [7, 11) is 0. The Hall–Kier alpha value is -2.30. The Morgan fingerprint density at radius 1 is 1.30 bits per heavy atom. The summed E-state index contributed by atoms with van der Waals surface area (Å²) in [6, 6.07) is 6.80. The van der Waals surface area contributed by atoms with Crippen molar-refractivity contribution >= 4 is 16.7 Å². The maximum atomic E-state index is 12.4. The van der Waals surface area contributed by atoms with Crippen LogP contribution in [0.1, 0.15) is 35.8 Å². The highest BCUT2D eigenvalue weighted by atomic mass is 16.4.